The van der Waals surface area contributed by atoms with Crippen molar-refractivity contribution in [3.8, 4) is 11.3 Å². The van der Waals surface area contributed by atoms with Gasteiger partial charge < -0.3 is 9.42 Å². The zero-order chi connectivity index (χ0) is 17.4. The Labute approximate surface area is 145 Å². The second-order valence-electron chi connectivity index (χ2n) is 6.15. The molecule has 0 saturated heterocycles. The number of hydrogen-bond acceptors (Lipinski definition) is 3. The number of anilines is 1. The Balaban J connectivity index is 1.84. The normalized spacial score (nSPS) is 13.6. The van der Waals surface area contributed by atoms with Crippen molar-refractivity contribution in [2.75, 3.05) is 11.4 Å². The standard InChI is InChI=1S/C20H18N2O3/c1-21-18(15-9-3-2-4-10-15)17(20(24)25-21)19(23)22-13-7-11-14-8-5-6-12-16(14)22/h2-6,8-10,12H,7,11,13H2,1H3. The van der Waals surface area contributed by atoms with Gasteiger partial charge in [-0.1, -0.05) is 48.5 Å². The lowest BCUT2D eigenvalue weighted by Crippen LogP contribution is -2.37. The average Bonchev–Trinajstić information content (AvgIpc) is 2.95. The number of benzene rings is 2. The minimum atomic E-state index is -0.602. The summed E-state index contributed by atoms with van der Waals surface area (Å²) in [6, 6.07) is 17.2. The third-order valence-electron chi connectivity index (χ3n) is 4.59. The van der Waals surface area contributed by atoms with Crippen LogP contribution in [0.15, 0.2) is 63.9 Å². The lowest BCUT2D eigenvalue weighted by atomic mass is 10.00. The number of aryl methyl sites for hydroxylation is 2. The van der Waals surface area contributed by atoms with Gasteiger partial charge in [0, 0.05) is 24.8 Å². The highest BCUT2D eigenvalue weighted by molar-refractivity contribution is 6.10. The minimum Gasteiger partial charge on any atom is -0.335 e. The smallest absolute Gasteiger partial charge is 0.335 e. The van der Waals surface area contributed by atoms with Crippen molar-refractivity contribution in [2.24, 2.45) is 7.05 Å². The largest absolute Gasteiger partial charge is 0.370 e. The predicted molar refractivity (Wildman–Crippen MR) is 95.8 cm³/mol. The summed E-state index contributed by atoms with van der Waals surface area (Å²) in [6.07, 6.45) is 1.82. The summed E-state index contributed by atoms with van der Waals surface area (Å²) in [5.74, 6) is -0.305. The first-order chi connectivity index (χ1) is 12.2. The fourth-order valence-electron chi connectivity index (χ4n) is 3.46. The minimum absolute atomic E-state index is 0.0883. The number of carbonyl (C=O) groups excluding carboxylic acids is 1. The third kappa shape index (κ3) is 2.58. The van der Waals surface area contributed by atoms with E-state index in [-0.39, 0.29) is 11.5 Å². The van der Waals surface area contributed by atoms with Gasteiger partial charge in [0.2, 0.25) is 0 Å². The van der Waals surface area contributed by atoms with E-state index >= 15 is 0 Å². The summed E-state index contributed by atoms with van der Waals surface area (Å²) in [5.41, 5.74) is 2.78. The van der Waals surface area contributed by atoms with Crippen LogP contribution in [-0.2, 0) is 13.5 Å². The van der Waals surface area contributed by atoms with Crippen molar-refractivity contribution >= 4 is 11.6 Å². The molecule has 0 bridgehead atoms. The number of aromatic nitrogens is 1. The summed E-state index contributed by atoms with van der Waals surface area (Å²) in [7, 11) is 1.64. The Morgan fingerprint density at radius 3 is 2.56 bits per heavy atom. The number of nitrogens with zero attached hydrogens (tertiary/aromatic N) is 2. The molecule has 0 atom stereocenters. The molecule has 5 heteroatoms. The SMILES string of the molecule is Cn1oc(=O)c(C(=O)N2CCCc3ccccc32)c1-c1ccccc1. The monoisotopic (exact) mass is 334 g/mol. The Kier molecular flexibility index (Phi) is 3.76. The third-order valence-corrected chi connectivity index (χ3v) is 4.59. The van der Waals surface area contributed by atoms with E-state index < -0.39 is 5.63 Å². The number of hydrogen-bond donors (Lipinski definition) is 0. The summed E-state index contributed by atoms with van der Waals surface area (Å²) >= 11 is 0. The Hall–Kier alpha value is -3.08. The fraction of sp³-hybridized carbons (Fsp3) is 0.200. The molecule has 0 fully saturated rings. The first-order valence-corrected chi connectivity index (χ1v) is 8.32. The summed E-state index contributed by atoms with van der Waals surface area (Å²) < 4.78 is 6.59. The average molecular weight is 334 g/mol. The highest BCUT2D eigenvalue weighted by Gasteiger charge is 2.30. The molecule has 0 aliphatic carbocycles. The predicted octanol–water partition coefficient (Wildman–Crippen LogP) is 3.24. The van der Waals surface area contributed by atoms with E-state index in [1.807, 2.05) is 54.6 Å². The van der Waals surface area contributed by atoms with Crippen LogP contribution >= 0.6 is 0 Å². The number of rotatable bonds is 2. The Morgan fingerprint density at radius 1 is 1.04 bits per heavy atom. The molecular weight excluding hydrogens is 316 g/mol. The topological polar surface area (TPSA) is 55.5 Å². The second-order valence-corrected chi connectivity index (χ2v) is 6.15. The number of carbonyl (C=O) groups is 1. The van der Waals surface area contributed by atoms with E-state index in [0.29, 0.717) is 12.2 Å². The van der Waals surface area contributed by atoms with Crippen LogP contribution < -0.4 is 10.5 Å². The molecule has 1 aromatic heterocycles. The van der Waals surface area contributed by atoms with Crippen LogP contribution in [0, 0.1) is 0 Å². The first-order valence-electron chi connectivity index (χ1n) is 8.32. The van der Waals surface area contributed by atoms with Crippen LogP contribution in [0.1, 0.15) is 22.3 Å². The van der Waals surface area contributed by atoms with E-state index in [4.69, 9.17) is 4.52 Å². The molecule has 1 amide bonds. The second kappa shape index (κ2) is 6.09. The molecule has 2 aromatic carbocycles. The zero-order valence-corrected chi connectivity index (χ0v) is 13.9. The van der Waals surface area contributed by atoms with Crippen LogP contribution in [0.2, 0.25) is 0 Å². The zero-order valence-electron chi connectivity index (χ0n) is 13.9. The summed E-state index contributed by atoms with van der Waals surface area (Å²) in [4.78, 5) is 27.3. The molecule has 25 heavy (non-hydrogen) atoms. The fourth-order valence-corrected chi connectivity index (χ4v) is 3.46. The number of amides is 1. The quantitative estimate of drug-likeness (QED) is 0.723. The van der Waals surface area contributed by atoms with Gasteiger partial charge >= 0.3 is 5.63 Å². The van der Waals surface area contributed by atoms with Crippen LogP contribution in [0.3, 0.4) is 0 Å². The summed E-state index contributed by atoms with van der Waals surface area (Å²) in [5, 5.41) is 0. The number of fused-ring (bicyclic) bond motifs is 1. The van der Waals surface area contributed by atoms with Gasteiger partial charge in [-0.05, 0) is 24.5 Å². The van der Waals surface area contributed by atoms with Crippen molar-refractivity contribution < 1.29 is 9.32 Å². The van der Waals surface area contributed by atoms with Gasteiger partial charge in [0.1, 0.15) is 5.69 Å². The Morgan fingerprint density at radius 2 is 1.76 bits per heavy atom. The molecule has 5 nitrogen and oxygen atoms in total. The maximum Gasteiger partial charge on any atom is 0.370 e. The van der Waals surface area contributed by atoms with Crippen LogP contribution in [-0.4, -0.2) is 17.2 Å². The molecule has 3 aromatic rings. The molecule has 0 N–H and O–H groups in total. The van der Waals surface area contributed by atoms with Crippen LogP contribution in [0.5, 0.6) is 0 Å². The van der Waals surface area contributed by atoms with E-state index in [1.165, 1.54) is 4.74 Å². The molecule has 0 radical (unpaired) electrons. The molecule has 0 unspecified atom stereocenters. The lowest BCUT2D eigenvalue weighted by molar-refractivity contribution is 0.0983. The van der Waals surface area contributed by atoms with E-state index in [1.54, 1.807) is 11.9 Å². The molecule has 0 saturated carbocycles. The van der Waals surface area contributed by atoms with Gasteiger partial charge in [0.15, 0.2) is 5.56 Å². The van der Waals surface area contributed by atoms with Crippen molar-refractivity contribution in [3.63, 3.8) is 0 Å². The number of para-hydroxylation sites is 1. The van der Waals surface area contributed by atoms with Gasteiger partial charge in [0.25, 0.3) is 5.91 Å². The van der Waals surface area contributed by atoms with Gasteiger partial charge in [0.05, 0.1) is 0 Å². The molecule has 1 aliphatic heterocycles. The molecule has 126 valence electrons. The van der Waals surface area contributed by atoms with Gasteiger partial charge in [-0.15, -0.1) is 0 Å². The van der Waals surface area contributed by atoms with Crippen molar-refractivity contribution in [1.82, 2.24) is 4.74 Å². The molecular formula is C20H18N2O3. The maximum atomic E-state index is 13.2. The van der Waals surface area contributed by atoms with Crippen LogP contribution in [0.4, 0.5) is 5.69 Å². The molecule has 1 aliphatic rings. The van der Waals surface area contributed by atoms with E-state index in [2.05, 4.69) is 0 Å². The van der Waals surface area contributed by atoms with Crippen molar-refractivity contribution in [3.05, 3.63) is 76.1 Å². The van der Waals surface area contributed by atoms with Crippen LogP contribution in [0.25, 0.3) is 11.3 Å². The van der Waals surface area contributed by atoms with Gasteiger partial charge in [-0.3, -0.25) is 4.79 Å². The highest BCUT2D eigenvalue weighted by Crippen LogP contribution is 2.30. The van der Waals surface area contributed by atoms with E-state index in [0.717, 1.165) is 29.7 Å². The van der Waals surface area contributed by atoms with Gasteiger partial charge in [-0.25, -0.2) is 9.53 Å². The van der Waals surface area contributed by atoms with Crippen molar-refractivity contribution in [2.45, 2.75) is 12.8 Å². The highest BCUT2D eigenvalue weighted by atomic mass is 16.5. The summed E-state index contributed by atoms with van der Waals surface area (Å²) in [6.45, 7) is 0.596. The molecule has 4 rings (SSSR count). The van der Waals surface area contributed by atoms with E-state index in [9.17, 15) is 9.59 Å². The van der Waals surface area contributed by atoms with Crippen molar-refractivity contribution in [1.29, 1.82) is 0 Å². The Bertz CT molecular complexity index is 986. The molecule has 0 spiro atoms. The maximum absolute atomic E-state index is 13.2. The first kappa shape index (κ1) is 15.4. The van der Waals surface area contributed by atoms with Gasteiger partial charge in [-0.2, -0.15) is 0 Å². The lowest BCUT2D eigenvalue weighted by Gasteiger charge is -2.29. The molecule has 2 heterocycles.